The monoisotopic (exact) mass is 698 g/mol. The Morgan fingerprint density at radius 3 is 0.824 bits per heavy atom. The highest BCUT2D eigenvalue weighted by molar-refractivity contribution is 5.55. The van der Waals surface area contributed by atoms with Crippen LogP contribution >= 0.6 is 0 Å². The Balaban J connectivity index is 1.40. The fraction of sp³-hybridized carbons (Fsp3) is 0.429. The molecule has 0 atom stereocenters. The molecule has 1 aliphatic heterocycles. The first-order chi connectivity index (χ1) is 25.2. The summed E-state index contributed by atoms with van der Waals surface area (Å²) < 4.78 is 54.2. The van der Waals surface area contributed by atoms with Crippen LogP contribution in [-0.4, -0.2) is 93.5 Å². The first-order valence-corrected chi connectivity index (χ1v) is 17.9. The smallest absolute Gasteiger partial charge is 0.126 e. The van der Waals surface area contributed by atoms with Crippen molar-refractivity contribution in [2.45, 2.75) is 25.7 Å². The van der Waals surface area contributed by atoms with E-state index < -0.39 is 0 Å². The maximum atomic E-state index is 6.58. The average molecular weight is 699 g/mol. The molecule has 0 saturated carbocycles. The van der Waals surface area contributed by atoms with Crippen molar-refractivity contribution in [1.29, 1.82) is 0 Å². The van der Waals surface area contributed by atoms with Gasteiger partial charge in [0.05, 0.1) is 80.3 Å². The highest BCUT2D eigenvalue weighted by Crippen LogP contribution is 2.38. The van der Waals surface area contributed by atoms with Gasteiger partial charge in [0.1, 0.15) is 36.2 Å². The summed E-state index contributed by atoms with van der Waals surface area (Å²) in [5.74, 6) is 3.47. The van der Waals surface area contributed by atoms with Gasteiger partial charge in [0.25, 0.3) is 0 Å². The van der Waals surface area contributed by atoms with Gasteiger partial charge in [-0.2, -0.15) is 0 Å². The van der Waals surface area contributed by atoms with Crippen LogP contribution in [0, 0.1) is 0 Å². The molecule has 0 spiro atoms. The van der Waals surface area contributed by atoms with Gasteiger partial charge in [0.2, 0.25) is 0 Å². The number of para-hydroxylation sites is 4. The Labute approximate surface area is 301 Å². The molecule has 0 saturated heterocycles. The van der Waals surface area contributed by atoms with Crippen molar-refractivity contribution in [3.05, 3.63) is 117 Å². The van der Waals surface area contributed by atoms with Crippen LogP contribution in [0.15, 0.2) is 72.8 Å². The fourth-order valence-electron chi connectivity index (χ4n) is 6.77. The summed E-state index contributed by atoms with van der Waals surface area (Å²) in [7, 11) is 3.50. The molecule has 4 aromatic rings. The van der Waals surface area contributed by atoms with Gasteiger partial charge in [-0.05, 0) is 44.5 Å². The van der Waals surface area contributed by atoms with Gasteiger partial charge in [-0.25, -0.2) is 0 Å². The molecule has 0 fully saturated rings. The molecule has 272 valence electrons. The van der Waals surface area contributed by atoms with Gasteiger partial charge in [0, 0.05) is 25.7 Å². The molecule has 0 unspecified atom stereocenters. The third-order valence-electron chi connectivity index (χ3n) is 9.08. The molecule has 0 aromatic heterocycles. The van der Waals surface area contributed by atoms with E-state index in [9.17, 15) is 0 Å². The number of hydrogen-bond donors (Lipinski definition) is 0. The third kappa shape index (κ3) is 10.0. The summed E-state index contributed by atoms with van der Waals surface area (Å²) in [4.78, 5) is 0. The molecule has 9 nitrogen and oxygen atoms in total. The second kappa shape index (κ2) is 19.5. The minimum atomic E-state index is 0.407. The van der Waals surface area contributed by atoms with E-state index in [0.717, 1.165) is 67.5 Å². The predicted octanol–water partition coefficient (Wildman–Crippen LogP) is 6.23. The molecular weight excluding hydrogens is 648 g/mol. The number of benzene rings is 4. The minimum absolute atomic E-state index is 0.407. The second-order valence-corrected chi connectivity index (χ2v) is 12.5. The zero-order chi connectivity index (χ0) is 35.1. The van der Waals surface area contributed by atoms with Crippen molar-refractivity contribution in [3.8, 4) is 23.0 Å². The van der Waals surface area contributed by atoms with E-state index >= 15 is 0 Å². The number of rotatable bonds is 2. The van der Waals surface area contributed by atoms with Crippen LogP contribution in [0.3, 0.4) is 0 Å². The van der Waals surface area contributed by atoms with Crippen LogP contribution in [-0.2, 0) is 49.4 Å². The molecule has 0 amide bonds. The minimum Gasteiger partial charge on any atom is -0.496 e. The predicted molar refractivity (Wildman–Crippen MR) is 195 cm³/mol. The summed E-state index contributed by atoms with van der Waals surface area (Å²) in [6.07, 6.45) is 2.55. The zero-order valence-electron chi connectivity index (χ0n) is 29.9. The number of fused-ring (bicyclic) bond motifs is 2. The molecule has 51 heavy (non-hydrogen) atoms. The highest BCUT2D eigenvalue weighted by Gasteiger charge is 2.21. The molecular formula is C42H50O9. The van der Waals surface area contributed by atoms with Crippen LogP contribution in [0.4, 0.5) is 0 Å². The first kappa shape index (κ1) is 36.7. The van der Waals surface area contributed by atoms with Crippen molar-refractivity contribution in [3.63, 3.8) is 0 Å². The van der Waals surface area contributed by atoms with Crippen molar-refractivity contribution in [2.75, 3.05) is 93.5 Å². The van der Waals surface area contributed by atoms with Crippen LogP contribution in [0.25, 0.3) is 0 Å². The van der Waals surface area contributed by atoms with Gasteiger partial charge < -0.3 is 42.6 Å². The lowest BCUT2D eigenvalue weighted by molar-refractivity contribution is -0.0142. The SMILES string of the molecule is COc1c2cccc1Cc1cccc3c1OCCOCCOCCOCCOCCOCCOc1c(cccc1Cc1cccc(c1OC)C3)C2. The normalized spacial score (nSPS) is 17.1. The molecule has 9 heteroatoms. The van der Waals surface area contributed by atoms with E-state index in [0.29, 0.717) is 105 Å². The van der Waals surface area contributed by atoms with E-state index in [4.69, 9.17) is 42.6 Å². The molecule has 6 rings (SSSR count). The van der Waals surface area contributed by atoms with Crippen molar-refractivity contribution in [2.24, 2.45) is 0 Å². The van der Waals surface area contributed by atoms with Crippen molar-refractivity contribution in [1.82, 2.24) is 0 Å². The van der Waals surface area contributed by atoms with Gasteiger partial charge in [-0.3, -0.25) is 0 Å². The summed E-state index contributed by atoms with van der Waals surface area (Å²) in [6, 6.07) is 25.5. The Bertz CT molecular complexity index is 1480. The summed E-state index contributed by atoms with van der Waals surface area (Å²) in [5.41, 5.74) is 8.67. The molecule has 4 aromatic carbocycles. The Morgan fingerprint density at radius 1 is 0.333 bits per heavy atom. The Hall–Kier alpha value is -4.12. The molecule has 0 radical (unpaired) electrons. The van der Waals surface area contributed by atoms with Crippen LogP contribution in [0.1, 0.15) is 44.5 Å². The summed E-state index contributed by atoms with van der Waals surface area (Å²) in [5, 5.41) is 0. The maximum Gasteiger partial charge on any atom is 0.126 e. The molecule has 1 heterocycles. The quantitative estimate of drug-likeness (QED) is 0.213. The van der Waals surface area contributed by atoms with E-state index in [1.54, 1.807) is 14.2 Å². The van der Waals surface area contributed by atoms with Gasteiger partial charge in [-0.1, -0.05) is 72.8 Å². The first-order valence-electron chi connectivity index (χ1n) is 17.9. The van der Waals surface area contributed by atoms with Crippen molar-refractivity contribution < 1.29 is 42.6 Å². The van der Waals surface area contributed by atoms with E-state index in [-0.39, 0.29) is 0 Å². The van der Waals surface area contributed by atoms with Crippen molar-refractivity contribution >= 4 is 0 Å². The van der Waals surface area contributed by atoms with Gasteiger partial charge in [-0.15, -0.1) is 0 Å². The topological polar surface area (TPSA) is 83.1 Å². The Kier molecular flexibility index (Phi) is 14.0. The standard InChI is InChI=1S/C42H50O9/c1-43-39-31-7-3-8-32(39)28-36-12-6-14-38-30-34-10-4-9-33(40(34)44-2)29-37-13-5-11-35(27-31)41(37)50-25-23-48-21-19-46-17-15-45-16-18-47-20-22-49-24-26-51-42(36)38/h3-14H,15-30H2,1-2H3. The number of ether oxygens (including phenoxy) is 9. The van der Waals surface area contributed by atoms with E-state index in [1.165, 1.54) is 0 Å². The second-order valence-electron chi connectivity index (χ2n) is 12.5. The largest absolute Gasteiger partial charge is 0.496 e. The number of methoxy groups -OCH3 is 2. The van der Waals surface area contributed by atoms with E-state index in [2.05, 4.69) is 72.8 Å². The van der Waals surface area contributed by atoms with Gasteiger partial charge in [0.15, 0.2) is 0 Å². The lowest BCUT2D eigenvalue weighted by atomic mass is 9.91. The molecule has 2 aliphatic rings. The lowest BCUT2D eigenvalue weighted by Gasteiger charge is -2.22. The Morgan fingerprint density at radius 2 is 0.569 bits per heavy atom. The molecule has 10 bridgehead atoms. The number of hydrogen-bond acceptors (Lipinski definition) is 9. The van der Waals surface area contributed by atoms with E-state index in [1.807, 2.05) is 0 Å². The van der Waals surface area contributed by atoms with Crippen LogP contribution in [0.5, 0.6) is 23.0 Å². The van der Waals surface area contributed by atoms with Crippen LogP contribution in [0.2, 0.25) is 0 Å². The molecule has 1 aliphatic carbocycles. The summed E-state index contributed by atoms with van der Waals surface area (Å²) >= 11 is 0. The third-order valence-corrected chi connectivity index (χ3v) is 9.08. The van der Waals surface area contributed by atoms with Gasteiger partial charge >= 0.3 is 0 Å². The molecule has 0 N–H and O–H groups in total. The maximum absolute atomic E-state index is 6.58. The fourth-order valence-corrected chi connectivity index (χ4v) is 6.77. The average Bonchev–Trinajstić information content (AvgIpc) is 3.14. The zero-order valence-corrected chi connectivity index (χ0v) is 29.9. The van der Waals surface area contributed by atoms with Crippen LogP contribution < -0.4 is 18.9 Å². The highest BCUT2D eigenvalue weighted by atomic mass is 16.6. The lowest BCUT2D eigenvalue weighted by Crippen LogP contribution is -2.16. The summed E-state index contributed by atoms with van der Waals surface area (Å²) in [6.45, 7) is 5.62.